The Morgan fingerprint density at radius 1 is 1.17 bits per heavy atom. The number of carbonyl (C=O) groups is 2. The molecule has 0 bridgehead atoms. The van der Waals surface area contributed by atoms with Gasteiger partial charge in [0.15, 0.2) is 6.10 Å². The lowest BCUT2D eigenvalue weighted by atomic mass is 10.1. The maximum Gasteiger partial charge on any atom is 0.407 e. The summed E-state index contributed by atoms with van der Waals surface area (Å²) in [5.74, 6) is -0.848. The topological polar surface area (TPSA) is 94.5 Å². The molecule has 1 fully saturated rings. The second-order valence-electron chi connectivity index (χ2n) is 8.34. The van der Waals surface area contributed by atoms with Gasteiger partial charge >= 0.3 is 12.1 Å². The third-order valence-electron chi connectivity index (χ3n) is 5.65. The minimum Gasteiger partial charge on any atom is -0.490 e. The molecule has 0 saturated carbocycles. The van der Waals surface area contributed by atoms with E-state index in [2.05, 4.69) is 0 Å². The molecule has 2 aromatic carbocycles. The minimum atomic E-state index is -2.76. The zero-order chi connectivity index (χ0) is 25.5. The van der Waals surface area contributed by atoms with E-state index in [1.54, 1.807) is 13.0 Å². The van der Waals surface area contributed by atoms with Crippen LogP contribution in [-0.4, -0.2) is 67.0 Å². The summed E-state index contributed by atoms with van der Waals surface area (Å²) >= 11 is 0. The molecule has 0 aromatic heterocycles. The number of hydrogen-bond donors (Lipinski definition) is 1. The molecule has 1 aliphatic rings. The van der Waals surface area contributed by atoms with Crippen molar-refractivity contribution in [3.05, 3.63) is 59.2 Å². The monoisotopic (exact) mass is 493 g/mol. The van der Waals surface area contributed by atoms with Gasteiger partial charge in [-0.1, -0.05) is 30.3 Å². The van der Waals surface area contributed by atoms with Gasteiger partial charge in [-0.05, 0) is 43.5 Å². The molecule has 1 heterocycles. The lowest BCUT2D eigenvalue weighted by Crippen LogP contribution is -2.38. The Morgan fingerprint density at radius 2 is 1.86 bits per heavy atom. The van der Waals surface area contributed by atoms with Crippen molar-refractivity contribution in [3.63, 3.8) is 0 Å². The number of methoxy groups -OCH3 is 1. The first-order valence-corrected chi connectivity index (χ1v) is 11.1. The van der Waals surface area contributed by atoms with Gasteiger partial charge in [0.1, 0.15) is 23.7 Å². The van der Waals surface area contributed by atoms with Crippen LogP contribution < -0.4 is 9.47 Å². The summed E-state index contributed by atoms with van der Waals surface area (Å²) in [5.41, 5.74) is 1.44. The van der Waals surface area contributed by atoms with E-state index in [0.29, 0.717) is 18.6 Å². The van der Waals surface area contributed by atoms with E-state index in [4.69, 9.17) is 18.9 Å². The molecule has 3 atom stereocenters. The first kappa shape index (κ1) is 26.2. The highest BCUT2D eigenvalue weighted by molar-refractivity contribution is 5.95. The van der Waals surface area contributed by atoms with Gasteiger partial charge in [0.05, 0.1) is 32.4 Å². The number of ether oxygens (including phenoxy) is 4. The normalized spacial score (nSPS) is 18.4. The SMILES string of the molecule is COC(=O)c1c(OC[C@H]2C[C@H](OCc3ccccc3)CN2C(=O)O)cc(C)cc1O[C@H](C)C(F)F. The van der Waals surface area contributed by atoms with Crippen LogP contribution in [0.4, 0.5) is 13.6 Å². The van der Waals surface area contributed by atoms with Crippen molar-refractivity contribution in [2.75, 3.05) is 20.3 Å². The zero-order valence-corrected chi connectivity index (χ0v) is 19.8. The Bertz CT molecular complexity index is 1020. The summed E-state index contributed by atoms with van der Waals surface area (Å²) in [6, 6.07) is 12.0. The molecule has 3 rings (SSSR count). The fourth-order valence-electron chi connectivity index (χ4n) is 3.84. The molecular weight excluding hydrogens is 464 g/mol. The smallest absolute Gasteiger partial charge is 0.407 e. The fraction of sp³-hybridized carbons (Fsp3) is 0.440. The number of carbonyl (C=O) groups excluding carboxylic acids is 1. The van der Waals surface area contributed by atoms with E-state index < -0.39 is 30.6 Å². The van der Waals surface area contributed by atoms with Crippen LogP contribution in [0.3, 0.4) is 0 Å². The molecule has 190 valence electrons. The van der Waals surface area contributed by atoms with Gasteiger partial charge in [0.2, 0.25) is 0 Å². The molecule has 2 aromatic rings. The van der Waals surface area contributed by atoms with Crippen molar-refractivity contribution < 1.29 is 42.4 Å². The first-order valence-electron chi connectivity index (χ1n) is 11.1. The summed E-state index contributed by atoms with van der Waals surface area (Å²) in [6.45, 7) is 3.33. The number of rotatable bonds is 10. The van der Waals surface area contributed by atoms with Gasteiger partial charge in [-0.15, -0.1) is 0 Å². The number of amides is 1. The lowest BCUT2D eigenvalue weighted by Gasteiger charge is -2.23. The van der Waals surface area contributed by atoms with Gasteiger partial charge < -0.3 is 24.1 Å². The number of carboxylic acid groups (broad SMARTS) is 1. The highest BCUT2D eigenvalue weighted by Gasteiger charge is 2.37. The summed E-state index contributed by atoms with van der Waals surface area (Å²) in [5, 5.41) is 9.65. The fourth-order valence-corrected chi connectivity index (χ4v) is 3.84. The number of alkyl halides is 2. The second kappa shape index (κ2) is 11.8. The van der Waals surface area contributed by atoms with E-state index in [1.807, 2.05) is 30.3 Å². The maximum absolute atomic E-state index is 13.1. The summed E-state index contributed by atoms with van der Waals surface area (Å²) in [4.78, 5) is 25.5. The number of aryl methyl sites for hydroxylation is 1. The molecule has 1 N–H and O–H groups in total. The Balaban J connectivity index is 1.75. The predicted octanol–water partition coefficient (Wildman–Crippen LogP) is 4.53. The molecule has 35 heavy (non-hydrogen) atoms. The Kier molecular flexibility index (Phi) is 8.86. The van der Waals surface area contributed by atoms with E-state index in [9.17, 15) is 23.5 Å². The number of nitrogens with zero attached hydrogens (tertiary/aromatic N) is 1. The third-order valence-corrected chi connectivity index (χ3v) is 5.65. The highest BCUT2D eigenvalue weighted by Crippen LogP contribution is 2.33. The van der Waals surface area contributed by atoms with Crippen LogP contribution in [0.25, 0.3) is 0 Å². The molecule has 0 spiro atoms. The number of benzene rings is 2. The van der Waals surface area contributed by atoms with Crippen molar-refractivity contribution in [2.24, 2.45) is 0 Å². The Labute approximate surface area is 202 Å². The predicted molar refractivity (Wildman–Crippen MR) is 122 cm³/mol. The van der Waals surface area contributed by atoms with Crippen molar-refractivity contribution in [1.82, 2.24) is 4.90 Å². The van der Waals surface area contributed by atoms with Crippen molar-refractivity contribution in [2.45, 2.75) is 51.6 Å². The molecule has 0 radical (unpaired) electrons. The Morgan fingerprint density at radius 3 is 2.49 bits per heavy atom. The third kappa shape index (κ3) is 6.82. The van der Waals surface area contributed by atoms with Gasteiger partial charge in [-0.3, -0.25) is 4.90 Å². The lowest BCUT2D eigenvalue weighted by molar-refractivity contribution is 0.0208. The van der Waals surface area contributed by atoms with Crippen LogP contribution in [0.5, 0.6) is 11.5 Å². The number of esters is 1. The number of likely N-dealkylation sites (tertiary alicyclic amines) is 1. The van der Waals surface area contributed by atoms with Crippen molar-refractivity contribution in [1.29, 1.82) is 0 Å². The Hall–Kier alpha value is -3.40. The molecule has 1 aliphatic heterocycles. The average molecular weight is 494 g/mol. The maximum atomic E-state index is 13.1. The van der Waals surface area contributed by atoms with Gasteiger partial charge in [-0.2, -0.15) is 0 Å². The largest absolute Gasteiger partial charge is 0.490 e. The molecule has 0 aliphatic carbocycles. The highest BCUT2D eigenvalue weighted by atomic mass is 19.3. The summed E-state index contributed by atoms with van der Waals surface area (Å²) < 4.78 is 48.0. The van der Waals surface area contributed by atoms with Gasteiger partial charge in [-0.25, -0.2) is 18.4 Å². The van der Waals surface area contributed by atoms with E-state index in [1.165, 1.54) is 17.9 Å². The molecule has 1 amide bonds. The number of halogens is 2. The summed E-state index contributed by atoms with van der Waals surface area (Å²) in [6.07, 6.45) is -5.28. The molecule has 1 saturated heterocycles. The molecule has 10 heteroatoms. The van der Waals surface area contributed by atoms with Crippen LogP contribution in [0.2, 0.25) is 0 Å². The van der Waals surface area contributed by atoms with Crippen LogP contribution >= 0.6 is 0 Å². The molecular formula is C25H29F2NO7. The zero-order valence-electron chi connectivity index (χ0n) is 19.8. The first-order chi connectivity index (χ1) is 16.7. The average Bonchev–Trinajstić information content (AvgIpc) is 3.25. The standard InChI is InChI=1S/C25H29F2NO7/c1-15-9-20(22(24(29)32-3)21(10-15)35-16(2)23(26)27)34-14-18-11-19(12-28(18)25(30)31)33-13-17-7-5-4-6-8-17/h4-10,16,18-19,23H,11-14H2,1-3H3,(H,30,31)/t16-,18-,19+/m1/s1. The van der Waals surface area contributed by atoms with Crippen molar-refractivity contribution in [3.8, 4) is 11.5 Å². The van der Waals surface area contributed by atoms with E-state index in [0.717, 1.165) is 12.7 Å². The van der Waals surface area contributed by atoms with Gasteiger partial charge in [0, 0.05) is 0 Å². The van der Waals surface area contributed by atoms with Crippen molar-refractivity contribution >= 4 is 12.1 Å². The van der Waals surface area contributed by atoms with Crippen LogP contribution in [0.15, 0.2) is 42.5 Å². The van der Waals surface area contributed by atoms with E-state index in [-0.39, 0.29) is 36.3 Å². The number of hydrogen-bond acceptors (Lipinski definition) is 6. The second-order valence-corrected chi connectivity index (χ2v) is 8.34. The summed E-state index contributed by atoms with van der Waals surface area (Å²) in [7, 11) is 1.16. The van der Waals surface area contributed by atoms with Crippen LogP contribution in [-0.2, 0) is 16.1 Å². The molecule has 0 unspecified atom stereocenters. The van der Waals surface area contributed by atoms with E-state index >= 15 is 0 Å². The quantitative estimate of drug-likeness (QED) is 0.486. The minimum absolute atomic E-state index is 0.0623. The van der Waals surface area contributed by atoms with Crippen LogP contribution in [0.1, 0.15) is 34.8 Å². The van der Waals surface area contributed by atoms with Crippen LogP contribution in [0, 0.1) is 6.92 Å². The molecule has 8 nitrogen and oxygen atoms in total. The van der Waals surface area contributed by atoms with Gasteiger partial charge in [0.25, 0.3) is 6.43 Å².